The molecule has 3 aliphatic rings. The number of nitrogens with zero attached hydrogens (tertiary/aromatic N) is 3. The Balaban J connectivity index is 1.57. The normalized spacial score (nSPS) is 21.3. The molecule has 0 radical (unpaired) electrons. The molecule has 0 spiro atoms. The summed E-state index contributed by atoms with van der Waals surface area (Å²) in [6, 6.07) is 6.30. The lowest BCUT2D eigenvalue weighted by atomic mass is 9.84. The molecule has 0 saturated carbocycles. The van der Waals surface area contributed by atoms with E-state index < -0.39 is 5.60 Å². The lowest BCUT2D eigenvalue weighted by Crippen LogP contribution is -2.36. The van der Waals surface area contributed by atoms with E-state index in [4.69, 9.17) is 26.1 Å². The molecule has 1 saturated heterocycles. The van der Waals surface area contributed by atoms with Crippen molar-refractivity contribution in [2.24, 2.45) is 5.92 Å². The minimum absolute atomic E-state index is 0.0201. The van der Waals surface area contributed by atoms with Gasteiger partial charge in [-0.05, 0) is 93.9 Å². The predicted octanol–water partition coefficient (Wildman–Crippen LogP) is 7.08. The number of aryl methyl sites for hydroxylation is 1. The van der Waals surface area contributed by atoms with Gasteiger partial charge in [-0.25, -0.2) is 4.98 Å². The van der Waals surface area contributed by atoms with Gasteiger partial charge in [0.1, 0.15) is 12.2 Å². The summed E-state index contributed by atoms with van der Waals surface area (Å²) in [4.78, 5) is 21.9. The predicted molar refractivity (Wildman–Crippen MR) is 161 cm³/mol. The maximum atomic E-state index is 14.2. The second-order valence-corrected chi connectivity index (χ2v) is 12.7. The fourth-order valence-electron chi connectivity index (χ4n) is 6.85. The topological polar surface area (TPSA) is 56.6 Å². The first-order valence-corrected chi connectivity index (χ1v) is 15.1. The van der Waals surface area contributed by atoms with Gasteiger partial charge in [0.15, 0.2) is 0 Å². The van der Waals surface area contributed by atoms with Crippen molar-refractivity contribution in [2.75, 3.05) is 13.1 Å². The fraction of sp³-hybridized carbons (Fsp3) is 0.515. The molecule has 40 heavy (non-hydrogen) atoms. The van der Waals surface area contributed by atoms with Gasteiger partial charge < -0.3 is 14.0 Å². The summed E-state index contributed by atoms with van der Waals surface area (Å²) in [6.45, 7) is 18.4. The molecule has 7 heteroatoms. The monoisotopic (exact) mass is 561 g/mol. The van der Waals surface area contributed by atoms with Crippen molar-refractivity contribution in [2.45, 2.75) is 91.7 Å². The van der Waals surface area contributed by atoms with E-state index in [0.29, 0.717) is 35.7 Å². The largest absolute Gasteiger partial charge is 0.494 e. The highest BCUT2D eigenvalue weighted by Crippen LogP contribution is 2.44. The van der Waals surface area contributed by atoms with Crippen molar-refractivity contribution in [3.05, 3.63) is 73.7 Å². The second-order valence-electron chi connectivity index (χ2n) is 12.3. The standard InChI is InChI=1S/C33H40ClN3O3/c1-7-33(40-19(2)3)15-22(6)39-18-26-27(33)13-30-31-25(17-37(30)32(26)38)24(16-36-10-8-20(4)9-11-36)23-12-21(5)28(34)14-29(23)35-31/h12-14,19-20H,6-11,15-18H2,1-5H3. The maximum Gasteiger partial charge on any atom is 0.258 e. The van der Waals surface area contributed by atoms with Crippen LogP contribution in [0.1, 0.15) is 81.2 Å². The van der Waals surface area contributed by atoms with Gasteiger partial charge in [0, 0.05) is 28.9 Å². The summed E-state index contributed by atoms with van der Waals surface area (Å²) >= 11 is 6.61. The Morgan fingerprint density at radius 2 is 1.98 bits per heavy atom. The van der Waals surface area contributed by atoms with Crippen molar-refractivity contribution in [1.29, 1.82) is 0 Å². The third-order valence-corrected chi connectivity index (χ3v) is 9.54. The van der Waals surface area contributed by atoms with E-state index in [2.05, 4.69) is 37.5 Å². The smallest absolute Gasteiger partial charge is 0.258 e. The number of likely N-dealkylation sites (tertiary alicyclic amines) is 1. The van der Waals surface area contributed by atoms with Gasteiger partial charge in [-0.1, -0.05) is 32.0 Å². The molecule has 1 atom stereocenters. The molecule has 0 amide bonds. The van der Waals surface area contributed by atoms with Crippen LogP contribution in [0.25, 0.3) is 22.3 Å². The summed E-state index contributed by atoms with van der Waals surface area (Å²) in [5.41, 5.74) is 6.91. The van der Waals surface area contributed by atoms with Crippen LogP contribution in [0.5, 0.6) is 0 Å². The highest BCUT2D eigenvalue weighted by atomic mass is 35.5. The zero-order valence-electron chi connectivity index (χ0n) is 24.4. The third kappa shape index (κ3) is 4.58. The zero-order chi connectivity index (χ0) is 28.3. The molecule has 3 aliphatic heterocycles. The lowest BCUT2D eigenvalue weighted by molar-refractivity contribution is -0.0916. The first-order chi connectivity index (χ1) is 19.1. The molecule has 3 aromatic rings. The SMILES string of the molecule is C=C1CC(CC)(OC(C)C)c2cc3n(c(=O)c2CO1)Cc1c-3nc2cc(Cl)c(C)cc2c1CN1CCC(C)CC1. The molecule has 2 aromatic heterocycles. The zero-order valence-corrected chi connectivity index (χ0v) is 25.2. The molecule has 0 bridgehead atoms. The van der Waals surface area contributed by atoms with E-state index >= 15 is 0 Å². The molecule has 0 N–H and O–H groups in total. The summed E-state index contributed by atoms with van der Waals surface area (Å²) in [5.74, 6) is 1.41. The number of halogens is 1. The number of fused-ring (bicyclic) bond motifs is 5. The Bertz CT molecular complexity index is 1570. The van der Waals surface area contributed by atoms with Gasteiger partial charge in [0.2, 0.25) is 0 Å². The van der Waals surface area contributed by atoms with Gasteiger partial charge in [0.25, 0.3) is 5.56 Å². The van der Waals surface area contributed by atoms with Crippen molar-refractivity contribution in [3.63, 3.8) is 0 Å². The van der Waals surface area contributed by atoms with Crippen LogP contribution >= 0.6 is 11.6 Å². The number of benzene rings is 1. The van der Waals surface area contributed by atoms with Crippen LogP contribution in [0, 0.1) is 12.8 Å². The van der Waals surface area contributed by atoms with Crippen LogP contribution in [0.2, 0.25) is 5.02 Å². The van der Waals surface area contributed by atoms with Crippen molar-refractivity contribution >= 4 is 22.5 Å². The average Bonchev–Trinajstić information content (AvgIpc) is 3.21. The summed E-state index contributed by atoms with van der Waals surface area (Å²) in [7, 11) is 0. The number of hydrogen-bond donors (Lipinski definition) is 0. The quantitative estimate of drug-likeness (QED) is 0.260. The van der Waals surface area contributed by atoms with Gasteiger partial charge in [-0.2, -0.15) is 0 Å². The van der Waals surface area contributed by atoms with Crippen LogP contribution in [0.3, 0.4) is 0 Å². The highest BCUT2D eigenvalue weighted by Gasteiger charge is 2.41. The number of ether oxygens (including phenoxy) is 2. The Kier molecular flexibility index (Phi) is 7.09. The Morgan fingerprint density at radius 1 is 1.23 bits per heavy atom. The Labute approximate surface area is 241 Å². The van der Waals surface area contributed by atoms with Gasteiger partial charge >= 0.3 is 0 Å². The van der Waals surface area contributed by atoms with E-state index in [1.165, 1.54) is 18.4 Å². The Hall–Kier alpha value is -2.67. The number of piperidine rings is 1. The van der Waals surface area contributed by atoms with Crippen LogP contribution in [-0.2, 0) is 34.8 Å². The van der Waals surface area contributed by atoms with Crippen LogP contribution in [-0.4, -0.2) is 33.6 Å². The van der Waals surface area contributed by atoms with E-state index in [1.54, 1.807) is 0 Å². The van der Waals surface area contributed by atoms with Gasteiger partial charge in [0.05, 0.1) is 40.9 Å². The summed E-state index contributed by atoms with van der Waals surface area (Å²) in [6.07, 6.45) is 3.62. The lowest BCUT2D eigenvalue weighted by Gasteiger charge is -2.35. The summed E-state index contributed by atoms with van der Waals surface area (Å²) < 4.78 is 14.5. The molecule has 6 nitrogen and oxygen atoms in total. The number of pyridine rings is 2. The fourth-order valence-corrected chi connectivity index (χ4v) is 7.00. The first kappa shape index (κ1) is 27.5. The maximum absolute atomic E-state index is 14.2. The Morgan fingerprint density at radius 3 is 2.67 bits per heavy atom. The molecule has 1 aromatic carbocycles. The molecule has 0 aliphatic carbocycles. The van der Waals surface area contributed by atoms with Crippen LogP contribution < -0.4 is 5.56 Å². The summed E-state index contributed by atoms with van der Waals surface area (Å²) in [5, 5.41) is 1.84. The van der Waals surface area contributed by atoms with Crippen LogP contribution in [0.4, 0.5) is 0 Å². The molecular weight excluding hydrogens is 522 g/mol. The number of hydrogen-bond acceptors (Lipinski definition) is 5. The molecule has 1 fully saturated rings. The van der Waals surface area contributed by atoms with E-state index in [0.717, 1.165) is 64.5 Å². The number of aromatic nitrogens is 2. The number of rotatable bonds is 5. The van der Waals surface area contributed by atoms with Gasteiger partial charge in [-0.15, -0.1) is 0 Å². The molecular formula is C33H40ClN3O3. The third-order valence-electron chi connectivity index (χ3n) is 9.13. The van der Waals surface area contributed by atoms with Gasteiger partial charge in [-0.3, -0.25) is 9.69 Å². The van der Waals surface area contributed by atoms with Crippen LogP contribution in [0.15, 0.2) is 35.3 Å². The van der Waals surface area contributed by atoms with E-state index in [9.17, 15) is 4.79 Å². The minimum Gasteiger partial charge on any atom is -0.494 e. The van der Waals surface area contributed by atoms with Crippen molar-refractivity contribution in [1.82, 2.24) is 14.5 Å². The molecule has 5 heterocycles. The van der Waals surface area contributed by atoms with Crippen molar-refractivity contribution in [3.8, 4) is 11.4 Å². The minimum atomic E-state index is -0.681. The van der Waals surface area contributed by atoms with E-state index in [1.807, 2.05) is 31.4 Å². The molecule has 6 rings (SSSR count). The van der Waals surface area contributed by atoms with E-state index in [-0.39, 0.29) is 18.3 Å². The molecule has 1 unspecified atom stereocenters. The first-order valence-electron chi connectivity index (χ1n) is 14.7. The second kappa shape index (κ2) is 10.3. The van der Waals surface area contributed by atoms with Crippen molar-refractivity contribution < 1.29 is 9.47 Å². The average molecular weight is 562 g/mol. The molecule has 212 valence electrons. The highest BCUT2D eigenvalue weighted by molar-refractivity contribution is 6.32.